The number of hydrogen-bond acceptors (Lipinski definition) is 4. The highest BCUT2D eigenvalue weighted by Crippen LogP contribution is 2.38. The summed E-state index contributed by atoms with van der Waals surface area (Å²) in [4.78, 5) is 9.07. The van der Waals surface area contributed by atoms with E-state index in [9.17, 15) is 10.2 Å². The summed E-state index contributed by atoms with van der Waals surface area (Å²) in [6.07, 6.45) is 3.43. The second-order valence-electron chi connectivity index (χ2n) is 12.2. The van der Waals surface area contributed by atoms with Gasteiger partial charge in [-0.2, -0.15) is 0 Å². The second kappa shape index (κ2) is 11.9. The minimum atomic E-state index is -0.121. The van der Waals surface area contributed by atoms with Gasteiger partial charge in [0.05, 0.1) is 13.1 Å². The van der Waals surface area contributed by atoms with Crippen LogP contribution < -0.4 is 0 Å². The maximum Gasteiger partial charge on any atom is 0.124 e. The normalized spacial score (nSPS) is 12.4. The van der Waals surface area contributed by atoms with Crippen LogP contribution in [0.5, 0.6) is 11.5 Å². The first kappa shape index (κ1) is 28.8. The molecule has 4 heteroatoms. The van der Waals surface area contributed by atoms with Gasteiger partial charge in [0.1, 0.15) is 11.5 Å². The predicted octanol–water partition coefficient (Wildman–Crippen LogP) is 8.56. The summed E-state index contributed by atoms with van der Waals surface area (Å²) in [5, 5.41) is 21.5. The zero-order chi connectivity index (χ0) is 28.9. The van der Waals surface area contributed by atoms with Crippen molar-refractivity contribution in [3.8, 4) is 33.8 Å². The molecule has 0 saturated heterocycles. The monoisotopic (exact) mass is 532 g/mol. The molecule has 4 aromatic carbocycles. The van der Waals surface area contributed by atoms with Crippen LogP contribution in [0.1, 0.15) is 63.8 Å². The molecule has 4 nitrogen and oxygen atoms in total. The third-order valence-electron chi connectivity index (χ3n) is 6.94. The Bertz CT molecular complexity index is 1390. The summed E-state index contributed by atoms with van der Waals surface area (Å²) in [6, 6.07) is 28.2. The molecule has 0 aliphatic rings. The number of hydrogen-bond donors (Lipinski definition) is 2. The van der Waals surface area contributed by atoms with Crippen LogP contribution in [-0.2, 0) is 10.8 Å². The average Bonchev–Trinajstić information content (AvgIpc) is 2.91. The van der Waals surface area contributed by atoms with Crippen molar-refractivity contribution in [2.45, 2.75) is 52.4 Å². The first-order valence-electron chi connectivity index (χ1n) is 13.8. The van der Waals surface area contributed by atoms with Gasteiger partial charge in [-0.1, -0.05) is 102 Å². The Kier molecular flexibility index (Phi) is 8.58. The van der Waals surface area contributed by atoms with Crippen LogP contribution in [0, 0.1) is 0 Å². The highest BCUT2D eigenvalue weighted by Gasteiger charge is 2.22. The number of phenols is 2. The molecular weight excluding hydrogens is 492 g/mol. The number of benzene rings is 4. The smallest absolute Gasteiger partial charge is 0.124 e. The number of rotatable bonds is 7. The molecular formula is C36H40N2O2. The van der Waals surface area contributed by atoms with E-state index < -0.39 is 0 Å². The number of phenolic OH excluding ortho intramolecular Hbond substituents is 2. The van der Waals surface area contributed by atoms with Crippen molar-refractivity contribution in [2.24, 2.45) is 9.98 Å². The Balaban J connectivity index is 1.52. The lowest BCUT2D eigenvalue weighted by atomic mass is 9.81. The molecule has 4 rings (SSSR count). The van der Waals surface area contributed by atoms with E-state index in [4.69, 9.17) is 0 Å². The summed E-state index contributed by atoms with van der Waals surface area (Å²) in [7, 11) is 0. The summed E-state index contributed by atoms with van der Waals surface area (Å²) in [5.74, 6) is 0.434. The fraction of sp³-hybridized carbons (Fsp3) is 0.278. The molecule has 0 aliphatic heterocycles. The minimum absolute atomic E-state index is 0.121. The van der Waals surface area contributed by atoms with Gasteiger partial charge in [-0.15, -0.1) is 0 Å². The van der Waals surface area contributed by atoms with Crippen molar-refractivity contribution in [3.63, 3.8) is 0 Å². The Labute approximate surface area is 238 Å². The average molecular weight is 533 g/mol. The molecule has 0 fully saturated rings. The van der Waals surface area contributed by atoms with E-state index in [0.717, 1.165) is 33.4 Å². The van der Waals surface area contributed by atoms with Crippen molar-refractivity contribution in [1.82, 2.24) is 0 Å². The van der Waals surface area contributed by atoms with Crippen LogP contribution in [0.4, 0.5) is 0 Å². The van der Waals surface area contributed by atoms with Crippen LogP contribution in [-0.4, -0.2) is 35.7 Å². The molecule has 206 valence electrons. The molecule has 0 bridgehead atoms. The molecule has 0 aromatic heterocycles. The first-order chi connectivity index (χ1) is 18.9. The third kappa shape index (κ3) is 6.87. The Morgan fingerprint density at radius 2 is 0.900 bits per heavy atom. The van der Waals surface area contributed by atoms with Crippen molar-refractivity contribution < 1.29 is 10.2 Å². The van der Waals surface area contributed by atoms with Gasteiger partial charge in [-0.25, -0.2) is 0 Å². The zero-order valence-corrected chi connectivity index (χ0v) is 24.4. The number of nitrogens with zero attached hydrogens (tertiary/aromatic N) is 2. The van der Waals surface area contributed by atoms with Gasteiger partial charge in [-0.3, -0.25) is 9.98 Å². The molecule has 0 unspecified atom stereocenters. The van der Waals surface area contributed by atoms with Gasteiger partial charge in [0.2, 0.25) is 0 Å². The van der Waals surface area contributed by atoms with Gasteiger partial charge >= 0.3 is 0 Å². The molecule has 2 N–H and O–H groups in total. The van der Waals surface area contributed by atoms with Crippen LogP contribution in [0.3, 0.4) is 0 Å². The van der Waals surface area contributed by atoms with Crippen LogP contribution >= 0.6 is 0 Å². The fourth-order valence-electron chi connectivity index (χ4n) is 4.81. The van der Waals surface area contributed by atoms with Crippen LogP contribution in [0.15, 0.2) is 94.9 Å². The lowest BCUT2D eigenvalue weighted by molar-refractivity contribution is 0.470. The lowest BCUT2D eigenvalue weighted by Gasteiger charge is -2.24. The molecule has 0 amide bonds. The van der Waals surface area contributed by atoms with Crippen LogP contribution in [0.2, 0.25) is 0 Å². The molecule has 0 saturated carbocycles. The maximum atomic E-state index is 10.8. The standard InChI is InChI=1S/C36H40N2O2/c1-35(2,3)31-21-33(39)27(19-29(31)25-13-9-7-10-14-25)23-37-17-18-38-24-28-20-30(26-15-11-8-12-16-26)32(22-34(28)40)36(4,5)6/h7-16,19-24,39-40H,17-18H2,1-6H3. The van der Waals surface area contributed by atoms with E-state index in [0.29, 0.717) is 24.2 Å². The highest BCUT2D eigenvalue weighted by molar-refractivity contribution is 5.88. The summed E-state index contributed by atoms with van der Waals surface area (Å²) < 4.78 is 0. The minimum Gasteiger partial charge on any atom is -0.507 e. The maximum absolute atomic E-state index is 10.8. The largest absolute Gasteiger partial charge is 0.507 e. The lowest BCUT2D eigenvalue weighted by Crippen LogP contribution is -2.13. The zero-order valence-electron chi connectivity index (χ0n) is 24.4. The molecule has 0 heterocycles. The highest BCUT2D eigenvalue weighted by atomic mass is 16.3. The third-order valence-corrected chi connectivity index (χ3v) is 6.94. The van der Waals surface area contributed by atoms with Crippen LogP contribution in [0.25, 0.3) is 22.3 Å². The summed E-state index contributed by atoms with van der Waals surface area (Å²) in [5.41, 5.74) is 7.70. The van der Waals surface area contributed by atoms with Gasteiger partial charge in [-0.05, 0) is 68.5 Å². The predicted molar refractivity (Wildman–Crippen MR) is 169 cm³/mol. The Hall–Kier alpha value is -4.18. The van der Waals surface area contributed by atoms with Crippen molar-refractivity contribution >= 4 is 12.4 Å². The topological polar surface area (TPSA) is 65.2 Å². The second-order valence-corrected chi connectivity index (χ2v) is 12.2. The SMILES string of the molecule is CC(C)(C)c1cc(O)c(C=NCCN=Cc2cc(-c3ccccc3)c(C(C)(C)C)cc2O)cc1-c1ccccc1. The summed E-state index contributed by atoms with van der Waals surface area (Å²) >= 11 is 0. The summed E-state index contributed by atoms with van der Waals surface area (Å²) in [6.45, 7) is 13.8. The van der Waals surface area contributed by atoms with Crippen molar-refractivity contribution in [1.29, 1.82) is 0 Å². The van der Waals surface area contributed by atoms with E-state index in [1.165, 1.54) is 0 Å². The molecule has 40 heavy (non-hydrogen) atoms. The number of aliphatic imine (C=N–C) groups is 2. The van der Waals surface area contributed by atoms with Crippen molar-refractivity contribution in [3.05, 3.63) is 107 Å². The number of aromatic hydroxyl groups is 2. The van der Waals surface area contributed by atoms with Gasteiger partial charge in [0.25, 0.3) is 0 Å². The van der Waals surface area contributed by atoms with E-state index in [-0.39, 0.29) is 22.3 Å². The molecule has 0 radical (unpaired) electrons. The van der Waals surface area contributed by atoms with E-state index in [2.05, 4.69) is 75.8 Å². The molecule has 0 aliphatic carbocycles. The van der Waals surface area contributed by atoms with E-state index in [1.807, 2.05) is 60.7 Å². The van der Waals surface area contributed by atoms with Gasteiger partial charge in [0.15, 0.2) is 0 Å². The molecule has 0 atom stereocenters. The fourth-order valence-corrected chi connectivity index (χ4v) is 4.81. The van der Waals surface area contributed by atoms with E-state index >= 15 is 0 Å². The van der Waals surface area contributed by atoms with Gasteiger partial charge in [0, 0.05) is 23.6 Å². The van der Waals surface area contributed by atoms with E-state index in [1.54, 1.807) is 12.4 Å². The van der Waals surface area contributed by atoms with Crippen molar-refractivity contribution in [2.75, 3.05) is 13.1 Å². The Morgan fingerprint density at radius 3 is 1.23 bits per heavy atom. The molecule has 4 aromatic rings. The quantitative estimate of drug-likeness (QED) is 0.185. The van der Waals surface area contributed by atoms with Gasteiger partial charge < -0.3 is 10.2 Å². The Morgan fingerprint density at radius 1 is 0.550 bits per heavy atom. The first-order valence-corrected chi connectivity index (χ1v) is 13.8. The molecule has 0 spiro atoms.